The van der Waals surface area contributed by atoms with Crippen LogP contribution in [0.1, 0.15) is 6.42 Å². The zero-order valence-corrected chi connectivity index (χ0v) is 12.6. The summed E-state index contributed by atoms with van der Waals surface area (Å²) in [5.41, 5.74) is 0. The van der Waals surface area contributed by atoms with Gasteiger partial charge in [-0.25, -0.2) is 8.42 Å². The van der Waals surface area contributed by atoms with E-state index in [1.54, 1.807) is 12.1 Å². The minimum atomic E-state index is -3.54. The van der Waals surface area contributed by atoms with E-state index in [0.29, 0.717) is 31.1 Å². The quantitative estimate of drug-likeness (QED) is 0.886. The predicted molar refractivity (Wildman–Crippen MR) is 75.8 cm³/mol. The van der Waals surface area contributed by atoms with Gasteiger partial charge in [-0.2, -0.15) is 4.31 Å². The van der Waals surface area contributed by atoms with Crippen molar-refractivity contribution in [2.45, 2.75) is 11.3 Å². The minimum Gasteiger partial charge on any atom is -0.497 e. The predicted octanol–water partition coefficient (Wildman–Crippen LogP) is 0.688. The molecule has 0 bridgehead atoms. The fourth-order valence-electron chi connectivity index (χ4n) is 2.19. The second-order valence-corrected chi connectivity index (χ2v) is 6.43. The summed E-state index contributed by atoms with van der Waals surface area (Å²) in [5, 5.41) is 3.19. The van der Waals surface area contributed by atoms with Gasteiger partial charge >= 0.3 is 0 Å². The van der Waals surface area contributed by atoms with Gasteiger partial charge in [0, 0.05) is 25.7 Å². The molecule has 0 atom stereocenters. The van der Waals surface area contributed by atoms with Crippen LogP contribution in [0.2, 0.25) is 0 Å². The number of rotatable bonds is 4. The Morgan fingerprint density at radius 1 is 1.15 bits per heavy atom. The largest absolute Gasteiger partial charge is 0.497 e. The number of benzene rings is 1. The van der Waals surface area contributed by atoms with Gasteiger partial charge < -0.3 is 14.8 Å². The summed E-state index contributed by atoms with van der Waals surface area (Å²) >= 11 is 0. The van der Waals surface area contributed by atoms with Gasteiger partial charge in [0.25, 0.3) is 0 Å². The lowest BCUT2D eigenvalue weighted by Crippen LogP contribution is -2.34. The van der Waals surface area contributed by atoms with Gasteiger partial charge in [-0.3, -0.25) is 0 Å². The highest BCUT2D eigenvalue weighted by molar-refractivity contribution is 7.89. The van der Waals surface area contributed by atoms with Crippen molar-refractivity contribution < 1.29 is 17.9 Å². The number of hydrogen-bond donors (Lipinski definition) is 1. The van der Waals surface area contributed by atoms with Crippen LogP contribution in [0, 0.1) is 0 Å². The molecule has 1 aromatic carbocycles. The molecule has 0 radical (unpaired) electrons. The lowest BCUT2D eigenvalue weighted by atomic mass is 10.3. The number of methoxy groups -OCH3 is 2. The molecule has 1 aliphatic rings. The van der Waals surface area contributed by atoms with E-state index in [4.69, 9.17) is 9.47 Å². The van der Waals surface area contributed by atoms with Crippen LogP contribution in [-0.2, 0) is 10.0 Å². The fourth-order valence-corrected chi connectivity index (χ4v) is 3.80. The highest BCUT2D eigenvalue weighted by Crippen LogP contribution is 2.30. The molecule has 1 aromatic rings. The van der Waals surface area contributed by atoms with Crippen LogP contribution in [0.3, 0.4) is 0 Å². The summed E-state index contributed by atoms with van der Waals surface area (Å²) in [6, 6.07) is 4.75. The topological polar surface area (TPSA) is 67.9 Å². The first-order chi connectivity index (χ1) is 9.59. The van der Waals surface area contributed by atoms with Gasteiger partial charge in [0.15, 0.2) is 0 Å². The lowest BCUT2D eigenvalue weighted by molar-refractivity contribution is 0.381. The van der Waals surface area contributed by atoms with Crippen molar-refractivity contribution in [3.05, 3.63) is 18.2 Å². The lowest BCUT2D eigenvalue weighted by Gasteiger charge is -2.21. The Bertz CT molecular complexity index is 551. The van der Waals surface area contributed by atoms with E-state index in [-0.39, 0.29) is 4.90 Å². The molecule has 2 rings (SSSR count). The first-order valence-corrected chi connectivity index (χ1v) is 7.96. The van der Waals surface area contributed by atoms with E-state index in [0.717, 1.165) is 13.0 Å². The number of nitrogens with one attached hydrogen (secondary N) is 1. The average Bonchev–Trinajstić information content (AvgIpc) is 2.76. The Morgan fingerprint density at radius 3 is 2.65 bits per heavy atom. The van der Waals surface area contributed by atoms with Crippen molar-refractivity contribution in [1.29, 1.82) is 0 Å². The molecule has 1 N–H and O–H groups in total. The van der Waals surface area contributed by atoms with Crippen molar-refractivity contribution in [3.8, 4) is 11.5 Å². The molecule has 7 heteroatoms. The van der Waals surface area contributed by atoms with Crippen molar-refractivity contribution in [1.82, 2.24) is 9.62 Å². The van der Waals surface area contributed by atoms with E-state index in [1.807, 2.05) is 0 Å². The van der Waals surface area contributed by atoms with Crippen molar-refractivity contribution >= 4 is 10.0 Å². The molecular formula is C13H20N2O4S. The highest BCUT2D eigenvalue weighted by atomic mass is 32.2. The van der Waals surface area contributed by atoms with Crippen LogP contribution in [0.15, 0.2) is 23.1 Å². The number of nitrogens with zero attached hydrogens (tertiary/aromatic N) is 1. The van der Waals surface area contributed by atoms with Gasteiger partial charge in [-0.1, -0.05) is 0 Å². The standard InChI is InChI=1S/C13H20N2O4S/c1-18-11-4-5-13(12(10-11)19-2)20(16,17)15-8-3-6-14-7-9-15/h4-5,10,14H,3,6-9H2,1-2H3. The number of ether oxygens (including phenoxy) is 2. The molecule has 0 spiro atoms. The van der Waals surface area contributed by atoms with Crippen LogP contribution in [0.4, 0.5) is 0 Å². The molecular weight excluding hydrogens is 280 g/mol. The minimum absolute atomic E-state index is 0.183. The normalized spacial score (nSPS) is 17.5. The SMILES string of the molecule is COc1ccc(S(=O)(=O)N2CCCNCC2)c(OC)c1. The molecule has 0 aromatic heterocycles. The van der Waals surface area contributed by atoms with Gasteiger partial charge in [-0.15, -0.1) is 0 Å². The van der Waals surface area contributed by atoms with Crippen molar-refractivity contribution in [2.24, 2.45) is 0 Å². The molecule has 0 unspecified atom stereocenters. The molecule has 0 saturated carbocycles. The molecule has 6 nitrogen and oxygen atoms in total. The second kappa shape index (κ2) is 6.43. The van der Waals surface area contributed by atoms with Crippen LogP contribution < -0.4 is 14.8 Å². The van der Waals surface area contributed by atoms with Gasteiger partial charge in [0.2, 0.25) is 10.0 Å². The Hall–Kier alpha value is -1.31. The zero-order chi connectivity index (χ0) is 14.6. The Morgan fingerprint density at radius 2 is 1.95 bits per heavy atom. The van der Waals surface area contributed by atoms with Crippen LogP contribution in [0.5, 0.6) is 11.5 Å². The molecule has 1 saturated heterocycles. The Labute approximate surface area is 119 Å². The van der Waals surface area contributed by atoms with Crippen LogP contribution >= 0.6 is 0 Å². The maximum absolute atomic E-state index is 12.7. The first-order valence-electron chi connectivity index (χ1n) is 6.52. The summed E-state index contributed by atoms with van der Waals surface area (Å²) in [6.07, 6.45) is 0.803. The maximum atomic E-state index is 12.7. The Balaban J connectivity index is 2.37. The maximum Gasteiger partial charge on any atom is 0.246 e. The third kappa shape index (κ3) is 3.05. The molecule has 20 heavy (non-hydrogen) atoms. The zero-order valence-electron chi connectivity index (χ0n) is 11.8. The van der Waals surface area contributed by atoms with Gasteiger partial charge in [-0.05, 0) is 25.1 Å². The summed E-state index contributed by atoms with van der Waals surface area (Å²) < 4.78 is 37.2. The number of hydrogen-bond acceptors (Lipinski definition) is 5. The Kier molecular flexibility index (Phi) is 4.85. The molecule has 0 aliphatic carbocycles. The molecule has 1 heterocycles. The summed E-state index contributed by atoms with van der Waals surface area (Å²) in [6.45, 7) is 2.49. The summed E-state index contributed by atoms with van der Waals surface area (Å²) in [5.74, 6) is 0.875. The van der Waals surface area contributed by atoms with E-state index >= 15 is 0 Å². The third-order valence-corrected chi connectivity index (χ3v) is 5.23. The van der Waals surface area contributed by atoms with Crippen molar-refractivity contribution in [2.75, 3.05) is 40.4 Å². The smallest absolute Gasteiger partial charge is 0.246 e. The van der Waals surface area contributed by atoms with Gasteiger partial charge in [0.1, 0.15) is 16.4 Å². The van der Waals surface area contributed by atoms with E-state index in [9.17, 15) is 8.42 Å². The van der Waals surface area contributed by atoms with Crippen LogP contribution in [-0.4, -0.2) is 53.1 Å². The molecule has 112 valence electrons. The highest BCUT2D eigenvalue weighted by Gasteiger charge is 2.28. The molecule has 0 amide bonds. The number of sulfonamides is 1. The van der Waals surface area contributed by atoms with E-state index in [2.05, 4.69) is 5.32 Å². The van der Waals surface area contributed by atoms with E-state index < -0.39 is 10.0 Å². The average molecular weight is 300 g/mol. The molecule has 1 aliphatic heterocycles. The van der Waals surface area contributed by atoms with Crippen LogP contribution in [0.25, 0.3) is 0 Å². The van der Waals surface area contributed by atoms with Crippen molar-refractivity contribution in [3.63, 3.8) is 0 Å². The molecule has 1 fully saturated rings. The summed E-state index contributed by atoms with van der Waals surface area (Å²) in [4.78, 5) is 0.183. The third-order valence-electron chi connectivity index (χ3n) is 3.29. The monoisotopic (exact) mass is 300 g/mol. The van der Waals surface area contributed by atoms with E-state index in [1.165, 1.54) is 24.6 Å². The fraction of sp³-hybridized carbons (Fsp3) is 0.538. The van der Waals surface area contributed by atoms with Gasteiger partial charge in [0.05, 0.1) is 14.2 Å². The second-order valence-electron chi connectivity index (χ2n) is 4.52. The summed E-state index contributed by atoms with van der Waals surface area (Å²) in [7, 11) is -0.553. The first kappa shape index (κ1) is 15.1.